The van der Waals surface area contributed by atoms with Gasteiger partial charge in [0.15, 0.2) is 0 Å². The standard InChI is InChI=1S/C23H25F2NO5/c24-18-8-10-20(11-9-18)26(21-3-1-2-19(25)12-21)23(29)31-14-17-6-4-16(5-7-17)13-30-15-22(27)28/h1-3,8-12,16-17H,4-7,13-15H2,(H,27,28). The molecule has 166 valence electrons. The van der Waals surface area contributed by atoms with Crippen LogP contribution in [0.4, 0.5) is 25.0 Å². The zero-order valence-electron chi connectivity index (χ0n) is 17.0. The van der Waals surface area contributed by atoms with Crippen LogP contribution in [0.1, 0.15) is 25.7 Å². The summed E-state index contributed by atoms with van der Waals surface area (Å²) in [6.45, 7) is 0.335. The summed E-state index contributed by atoms with van der Waals surface area (Å²) in [5.74, 6) is -1.44. The average molecular weight is 433 g/mol. The summed E-state index contributed by atoms with van der Waals surface area (Å²) in [6.07, 6.45) is 2.75. The Morgan fingerprint density at radius 2 is 1.55 bits per heavy atom. The van der Waals surface area contributed by atoms with Gasteiger partial charge < -0.3 is 14.6 Å². The van der Waals surface area contributed by atoms with Crippen molar-refractivity contribution in [2.45, 2.75) is 25.7 Å². The van der Waals surface area contributed by atoms with E-state index in [1.165, 1.54) is 47.4 Å². The molecule has 2 aromatic carbocycles. The van der Waals surface area contributed by atoms with Crippen LogP contribution in [0.2, 0.25) is 0 Å². The highest BCUT2D eigenvalue weighted by Crippen LogP contribution is 2.31. The number of carbonyl (C=O) groups is 2. The molecule has 0 bridgehead atoms. The molecule has 1 saturated carbocycles. The number of carboxylic acid groups (broad SMARTS) is 1. The molecule has 6 nitrogen and oxygen atoms in total. The smallest absolute Gasteiger partial charge is 0.418 e. The zero-order valence-corrected chi connectivity index (χ0v) is 17.0. The highest BCUT2D eigenvalue weighted by atomic mass is 19.1. The van der Waals surface area contributed by atoms with Crippen LogP contribution in [0.5, 0.6) is 0 Å². The molecule has 1 fully saturated rings. The number of ether oxygens (including phenoxy) is 2. The van der Waals surface area contributed by atoms with Gasteiger partial charge in [-0.2, -0.15) is 0 Å². The second-order valence-electron chi connectivity index (χ2n) is 7.66. The number of hydrogen-bond donors (Lipinski definition) is 1. The zero-order chi connectivity index (χ0) is 22.2. The average Bonchev–Trinajstić information content (AvgIpc) is 2.74. The van der Waals surface area contributed by atoms with Crippen molar-refractivity contribution in [3.8, 4) is 0 Å². The van der Waals surface area contributed by atoms with Gasteiger partial charge in [-0.05, 0) is 80.0 Å². The Kier molecular flexibility index (Phi) is 7.94. The number of rotatable bonds is 8. The molecule has 0 aliphatic heterocycles. The van der Waals surface area contributed by atoms with Crippen LogP contribution in [0.15, 0.2) is 48.5 Å². The third-order valence-electron chi connectivity index (χ3n) is 5.32. The molecule has 0 radical (unpaired) electrons. The molecule has 8 heteroatoms. The number of carboxylic acids is 1. The van der Waals surface area contributed by atoms with Crippen molar-refractivity contribution in [2.75, 3.05) is 24.7 Å². The lowest BCUT2D eigenvalue weighted by atomic mass is 9.83. The first-order chi connectivity index (χ1) is 14.9. The van der Waals surface area contributed by atoms with Crippen molar-refractivity contribution in [1.82, 2.24) is 0 Å². The minimum absolute atomic E-state index is 0.183. The Morgan fingerprint density at radius 3 is 2.16 bits per heavy atom. The molecule has 1 N–H and O–H groups in total. The van der Waals surface area contributed by atoms with Crippen molar-refractivity contribution < 1.29 is 33.0 Å². The molecular weight excluding hydrogens is 408 g/mol. The van der Waals surface area contributed by atoms with Crippen molar-refractivity contribution in [1.29, 1.82) is 0 Å². The number of benzene rings is 2. The highest BCUT2D eigenvalue weighted by Gasteiger charge is 2.25. The largest absolute Gasteiger partial charge is 0.480 e. The number of carbonyl (C=O) groups excluding carboxylic acids is 1. The maximum atomic E-state index is 13.7. The Bertz CT molecular complexity index is 882. The second-order valence-corrected chi connectivity index (χ2v) is 7.66. The summed E-state index contributed by atoms with van der Waals surface area (Å²) in [6, 6.07) is 10.9. The fraction of sp³-hybridized carbons (Fsp3) is 0.391. The van der Waals surface area contributed by atoms with Crippen molar-refractivity contribution in [3.05, 3.63) is 60.2 Å². The predicted molar refractivity (Wildman–Crippen MR) is 110 cm³/mol. The monoisotopic (exact) mass is 433 g/mol. The van der Waals surface area contributed by atoms with E-state index in [4.69, 9.17) is 14.6 Å². The van der Waals surface area contributed by atoms with Crippen LogP contribution < -0.4 is 4.90 Å². The molecule has 0 spiro atoms. The Balaban J connectivity index is 1.57. The summed E-state index contributed by atoms with van der Waals surface area (Å²) in [5, 5.41) is 8.63. The van der Waals surface area contributed by atoms with Gasteiger partial charge in [0.25, 0.3) is 0 Å². The third-order valence-corrected chi connectivity index (χ3v) is 5.32. The van der Waals surface area contributed by atoms with Gasteiger partial charge in [-0.15, -0.1) is 0 Å². The van der Waals surface area contributed by atoms with E-state index in [9.17, 15) is 18.4 Å². The highest BCUT2D eigenvalue weighted by molar-refractivity contribution is 5.95. The Labute approximate surface area is 179 Å². The van der Waals surface area contributed by atoms with Gasteiger partial charge in [-0.1, -0.05) is 6.07 Å². The quantitative estimate of drug-likeness (QED) is 0.623. The van der Waals surface area contributed by atoms with Gasteiger partial charge in [0.05, 0.1) is 24.6 Å². The number of amides is 1. The molecule has 1 amide bonds. The molecule has 2 aromatic rings. The van der Waals surface area contributed by atoms with E-state index in [1.807, 2.05) is 0 Å². The SMILES string of the molecule is O=C(O)COCC1CCC(COC(=O)N(c2ccc(F)cc2)c2cccc(F)c2)CC1. The van der Waals surface area contributed by atoms with Crippen molar-refractivity contribution in [3.63, 3.8) is 0 Å². The van der Waals surface area contributed by atoms with Crippen LogP contribution in [0.25, 0.3) is 0 Å². The lowest BCUT2D eigenvalue weighted by molar-refractivity contribution is -0.142. The van der Waals surface area contributed by atoms with Gasteiger partial charge in [-0.25, -0.2) is 23.3 Å². The first-order valence-corrected chi connectivity index (χ1v) is 10.2. The van der Waals surface area contributed by atoms with Crippen molar-refractivity contribution >= 4 is 23.4 Å². The first kappa shape index (κ1) is 22.7. The number of anilines is 2. The molecule has 1 aliphatic carbocycles. The normalized spacial score (nSPS) is 18.4. The minimum Gasteiger partial charge on any atom is -0.480 e. The van der Waals surface area contributed by atoms with Crippen LogP contribution >= 0.6 is 0 Å². The molecule has 0 aromatic heterocycles. The fourth-order valence-electron chi connectivity index (χ4n) is 3.70. The van der Waals surface area contributed by atoms with E-state index in [2.05, 4.69) is 0 Å². The Hall–Kier alpha value is -3.00. The fourth-order valence-corrected chi connectivity index (χ4v) is 3.70. The molecule has 31 heavy (non-hydrogen) atoms. The van der Waals surface area contributed by atoms with Crippen LogP contribution in [-0.4, -0.2) is 37.0 Å². The van der Waals surface area contributed by atoms with Crippen LogP contribution in [0, 0.1) is 23.5 Å². The van der Waals surface area contributed by atoms with E-state index in [0.29, 0.717) is 18.2 Å². The summed E-state index contributed by atoms with van der Waals surface area (Å²) in [5.41, 5.74) is 0.659. The summed E-state index contributed by atoms with van der Waals surface area (Å²) in [7, 11) is 0. The maximum absolute atomic E-state index is 13.7. The van der Waals surface area contributed by atoms with E-state index in [1.54, 1.807) is 6.07 Å². The first-order valence-electron chi connectivity index (χ1n) is 10.2. The molecular formula is C23H25F2NO5. The second kappa shape index (κ2) is 10.9. The van der Waals surface area contributed by atoms with Crippen molar-refractivity contribution in [2.24, 2.45) is 11.8 Å². The summed E-state index contributed by atoms with van der Waals surface area (Å²) >= 11 is 0. The molecule has 3 rings (SSSR count). The van der Waals surface area contributed by atoms with Gasteiger partial charge in [0.2, 0.25) is 0 Å². The molecule has 1 aliphatic rings. The molecule has 0 saturated heterocycles. The summed E-state index contributed by atoms with van der Waals surface area (Å²) < 4.78 is 37.8. The lowest BCUT2D eigenvalue weighted by Gasteiger charge is -2.29. The minimum atomic E-state index is -0.982. The Morgan fingerprint density at radius 1 is 0.903 bits per heavy atom. The number of halogens is 2. The number of hydrogen-bond acceptors (Lipinski definition) is 4. The van der Waals surface area contributed by atoms with Gasteiger partial charge in [0.1, 0.15) is 18.2 Å². The van der Waals surface area contributed by atoms with E-state index >= 15 is 0 Å². The molecule has 0 unspecified atom stereocenters. The topological polar surface area (TPSA) is 76.1 Å². The number of nitrogens with zero attached hydrogens (tertiary/aromatic N) is 1. The third kappa shape index (κ3) is 6.75. The predicted octanol–water partition coefficient (Wildman–Crippen LogP) is 5.15. The summed E-state index contributed by atoms with van der Waals surface area (Å²) in [4.78, 5) is 24.6. The molecule has 0 atom stereocenters. The van der Waals surface area contributed by atoms with E-state index < -0.39 is 23.7 Å². The molecule has 0 heterocycles. The van der Waals surface area contributed by atoms with Gasteiger partial charge in [0, 0.05) is 0 Å². The van der Waals surface area contributed by atoms with Crippen LogP contribution in [0.3, 0.4) is 0 Å². The number of aliphatic carboxylic acids is 1. The van der Waals surface area contributed by atoms with Gasteiger partial charge in [-0.3, -0.25) is 0 Å². The maximum Gasteiger partial charge on any atom is 0.418 e. The van der Waals surface area contributed by atoms with E-state index in [0.717, 1.165) is 25.7 Å². The van der Waals surface area contributed by atoms with Gasteiger partial charge >= 0.3 is 12.1 Å². The lowest BCUT2D eigenvalue weighted by Crippen LogP contribution is -2.30. The van der Waals surface area contributed by atoms with E-state index in [-0.39, 0.29) is 24.8 Å². The van der Waals surface area contributed by atoms with Crippen LogP contribution in [-0.2, 0) is 14.3 Å².